The Kier molecular flexibility index (Phi) is 3.94. The van der Waals surface area contributed by atoms with Gasteiger partial charge in [0.05, 0.1) is 0 Å². The topological polar surface area (TPSA) is 68.0 Å². The zero-order valence-electron chi connectivity index (χ0n) is 10.1. The third-order valence-electron chi connectivity index (χ3n) is 2.48. The summed E-state index contributed by atoms with van der Waals surface area (Å²) in [4.78, 5) is 14.8. The van der Waals surface area contributed by atoms with Crippen LogP contribution in [0.3, 0.4) is 0 Å². The van der Waals surface area contributed by atoms with E-state index < -0.39 is 11.8 Å². The van der Waals surface area contributed by atoms with Crippen LogP contribution in [0.5, 0.6) is 0 Å². The Morgan fingerprint density at radius 1 is 1.53 bits per heavy atom. The van der Waals surface area contributed by atoms with Gasteiger partial charge in [-0.1, -0.05) is 22.9 Å². The van der Waals surface area contributed by atoms with Crippen LogP contribution in [-0.2, 0) is 6.42 Å². The third kappa shape index (κ3) is 2.81. The number of carboxylic acids is 1. The van der Waals surface area contributed by atoms with Gasteiger partial charge in [-0.05, 0) is 24.6 Å². The quantitative estimate of drug-likeness (QED) is 0.937. The normalized spacial score (nSPS) is 10.7. The van der Waals surface area contributed by atoms with Gasteiger partial charge >= 0.3 is 5.97 Å². The van der Waals surface area contributed by atoms with Gasteiger partial charge in [0.25, 0.3) is 5.82 Å². The van der Waals surface area contributed by atoms with Crippen LogP contribution in [-0.4, -0.2) is 25.8 Å². The van der Waals surface area contributed by atoms with E-state index in [1.165, 1.54) is 16.8 Å². The molecule has 2 rings (SSSR count). The molecule has 0 aliphatic heterocycles. The summed E-state index contributed by atoms with van der Waals surface area (Å²) in [5.41, 5.74) is 0.187. The summed E-state index contributed by atoms with van der Waals surface area (Å²) in [5.74, 6) is -1.62. The van der Waals surface area contributed by atoms with Crippen LogP contribution in [0.25, 0.3) is 5.69 Å². The number of rotatable bonds is 4. The lowest BCUT2D eigenvalue weighted by molar-refractivity contribution is 0.0683. The van der Waals surface area contributed by atoms with E-state index in [1.807, 2.05) is 6.92 Å². The standard InChI is InChI=1S/C12H11BrFN3O2/c1-2-3-10-15-11(12(18)19)16-17(10)9-5-4-7(13)6-8(9)14/h4-6H,2-3H2,1H3,(H,18,19). The first-order chi connectivity index (χ1) is 9.02. The first-order valence-corrected chi connectivity index (χ1v) is 6.47. The number of aromatic nitrogens is 3. The molecule has 0 amide bonds. The maximum Gasteiger partial charge on any atom is 0.375 e. The minimum absolute atomic E-state index is 0.187. The third-order valence-corrected chi connectivity index (χ3v) is 2.97. The molecule has 0 radical (unpaired) electrons. The molecule has 1 N–H and O–H groups in total. The molecule has 0 saturated heterocycles. The summed E-state index contributed by atoms with van der Waals surface area (Å²) < 4.78 is 15.7. The average molecular weight is 328 g/mol. The molecule has 1 heterocycles. The summed E-state index contributed by atoms with van der Waals surface area (Å²) in [5, 5.41) is 12.8. The lowest BCUT2D eigenvalue weighted by atomic mass is 10.3. The molecule has 7 heteroatoms. The molecule has 0 aliphatic carbocycles. The van der Waals surface area contributed by atoms with Crippen LogP contribution < -0.4 is 0 Å². The van der Waals surface area contributed by atoms with Gasteiger partial charge < -0.3 is 5.11 Å². The van der Waals surface area contributed by atoms with Gasteiger partial charge in [0.2, 0.25) is 0 Å². The second-order valence-electron chi connectivity index (χ2n) is 3.91. The lowest BCUT2D eigenvalue weighted by Crippen LogP contribution is -2.06. The highest BCUT2D eigenvalue weighted by molar-refractivity contribution is 9.10. The van der Waals surface area contributed by atoms with E-state index in [2.05, 4.69) is 26.0 Å². The molecule has 0 unspecified atom stereocenters. The van der Waals surface area contributed by atoms with E-state index in [9.17, 15) is 9.18 Å². The van der Waals surface area contributed by atoms with E-state index >= 15 is 0 Å². The minimum Gasteiger partial charge on any atom is -0.475 e. The van der Waals surface area contributed by atoms with E-state index in [-0.39, 0.29) is 11.5 Å². The monoisotopic (exact) mass is 327 g/mol. The Labute approximate surface area is 117 Å². The summed E-state index contributed by atoms with van der Waals surface area (Å²) in [6, 6.07) is 4.49. The van der Waals surface area contributed by atoms with Crippen molar-refractivity contribution in [3.05, 3.63) is 40.1 Å². The Balaban J connectivity index is 2.56. The number of carboxylic acid groups (broad SMARTS) is 1. The fourth-order valence-electron chi connectivity index (χ4n) is 1.67. The summed E-state index contributed by atoms with van der Waals surface area (Å²) >= 11 is 3.17. The van der Waals surface area contributed by atoms with E-state index in [4.69, 9.17) is 5.11 Å². The minimum atomic E-state index is -1.23. The molecule has 2 aromatic rings. The van der Waals surface area contributed by atoms with Crippen LogP contribution in [0.4, 0.5) is 4.39 Å². The van der Waals surface area contributed by atoms with Crippen molar-refractivity contribution < 1.29 is 14.3 Å². The molecule has 0 bridgehead atoms. The highest BCUT2D eigenvalue weighted by Gasteiger charge is 2.18. The number of nitrogens with zero attached hydrogens (tertiary/aromatic N) is 3. The van der Waals surface area contributed by atoms with Gasteiger partial charge in [-0.15, -0.1) is 5.10 Å². The number of aromatic carboxylic acids is 1. The molecule has 0 fully saturated rings. The highest BCUT2D eigenvalue weighted by atomic mass is 79.9. The second kappa shape index (κ2) is 5.48. The molecule has 1 aromatic carbocycles. The predicted molar refractivity (Wildman–Crippen MR) is 70.0 cm³/mol. The fourth-order valence-corrected chi connectivity index (χ4v) is 2.00. The van der Waals surface area contributed by atoms with Crippen LogP contribution in [0.1, 0.15) is 29.8 Å². The molecule has 0 atom stereocenters. The van der Waals surface area contributed by atoms with Crippen LogP contribution in [0.15, 0.2) is 22.7 Å². The van der Waals surface area contributed by atoms with Crippen molar-refractivity contribution in [2.75, 3.05) is 0 Å². The molecule has 0 saturated carbocycles. The van der Waals surface area contributed by atoms with Crippen molar-refractivity contribution in [2.45, 2.75) is 19.8 Å². The first kappa shape index (κ1) is 13.7. The van der Waals surface area contributed by atoms with Crippen LogP contribution in [0.2, 0.25) is 0 Å². The van der Waals surface area contributed by atoms with Crippen molar-refractivity contribution in [3.63, 3.8) is 0 Å². The molecule has 0 aliphatic rings. The Hall–Kier alpha value is -1.76. The van der Waals surface area contributed by atoms with Crippen molar-refractivity contribution in [1.29, 1.82) is 0 Å². The zero-order chi connectivity index (χ0) is 14.0. The summed E-state index contributed by atoms with van der Waals surface area (Å²) in [7, 11) is 0. The average Bonchev–Trinajstić information content (AvgIpc) is 2.74. The summed E-state index contributed by atoms with van der Waals surface area (Å²) in [6.45, 7) is 1.93. The smallest absolute Gasteiger partial charge is 0.375 e. The molecule has 0 spiro atoms. The molecule has 1 aromatic heterocycles. The molecular formula is C12H11BrFN3O2. The molecule has 5 nitrogen and oxygen atoms in total. The van der Waals surface area contributed by atoms with E-state index in [0.29, 0.717) is 16.7 Å². The maximum atomic E-state index is 13.9. The van der Waals surface area contributed by atoms with Gasteiger partial charge in [-0.2, -0.15) is 0 Å². The maximum absolute atomic E-state index is 13.9. The number of aryl methyl sites for hydroxylation is 1. The number of hydrogen-bond acceptors (Lipinski definition) is 3. The molecular weight excluding hydrogens is 317 g/mol. The van der Waals surface area contributed by atoms with Gasteiger partial charge in [0.15, 0.2) is 0 Å². The van der Waals surface area contributed by atoms with E-state index in [1.54, 1.807) is 6.07 Å². The number of hydrogen-bond donors (Lipinski definition) is 1. The fraction of sp³-hybridized carbons (Fsp3) is 0.250. The van der Waals surface area contributed by atoms with Crippen molar-refractivity contribution in [1.82, 2.24) is 14.8 Å². The Morgan fingerprint density at radius 2 is 2.26 bits per heavy atom. The predicted octanol–water partition coefficient (Wildman–Crippen LogP) is 2.82. The zero-order valence-corrected chi connectivity index (χ0v) is 11.7. The van der Waals surface area contributed by atoms with Crippen molar-refractivity contribution in [3.8, 4) is 5.69 Å². The van der Waals surface area contributed by atoms with Crippen LogP contribution in [0, 0.1) is 5.82 Å². The highest BCUT2D eigenvalue weighted by Crippen LogP contribution is 2.20. The van der Waals surface area contributed by atoms with Gasteiger partial charge in [-0.25, -0.2) is 18.9 Å². The largest absolute Gasteiger partial charge is 0.475 e. The first-order valence-electron chi connectivity index (χ1n) is 5.67. The van der Waals surface area contributed by atoms with Crippen molar-refractivity contribution >= 4 is 21.9 Å². The number of halogens is 2. The molecule has 100 valence electrons. The number of carbonyl (C=O) groups is 1. The van der Waals surface area contributed by atoms with Gasteiger partial charge in [0.1, 0.15) is 17.3 Å². The van der Waals surface area contributed by atoms with E-state index in [0.717, 1.165) is 6.42 Å². The van der Waals surface area contributed by atoms with Crippen molar-refractivity contribution in [2.24, 2.45) is 0 Å². The SMILES string of the molecule is CCCc1nc(C(=O)O)nn1-c1ccc(Br)cc1F. The molecule has 19 heavy (non-hydrogen) atoms. The second-order valence-corrected chi connectivity index (χ2v) is 4.83. The van der Waals surface area contributed by atoms with Gasteiger partial charge in [0, 0.05) is 10.9 Å². The Morgan fingerprint density at radius 3 is 2.84 bits per heavy atom. The number of benzene rings is 1. The van der Waals surface area contributed by atoms with Crippen LogP contribution >= 0.6 is 15.9 Å². The lowest BCUT2D eigenvalue weighted by Gasteiger charge is -2.06. The Bertz CT molecular complexity index is 627. The van der Waals surface area contributed by atoms with Gasteiger partial charge in [-0.3, -0.25) is 0 Å². The summed E-state index contributed by atoms with van der Waals surface area (Å²) in [6.07, 6.45) is 1.28.